The molecule has 2 atom stereocenters. The number of carbonyl (C=O) groups excluding carboxylic acids is 3. The number of rotatable bonds is 9. The molecule has 2 saturated carbocycles. The first-order valence-corrected chi connectivity index (χ1v) is 13.8. The number of hydrogen-bond donors (Lipinski definition) is 1. The number of furan rings is 1. The Morgan fingerprint density at radius 2 is 1.76 bits per heavy atom. The van der Waals surface area contributed by atoms with Crippen LogP contribution in [0.3, 0.4) is 0 Å². The third-order valence-electron chi connectivity index (χ3n) is 7.91. The second-order valence-electron chi connectivity index (χ2n) is 10.7. The quantitative estimate of drug-likeness (QED) is 0.348. The molecular weight excluding hydrogens is 491 g/mol. The van der Waals surface area contributed by atoms with Gasteiger partial charge in [-0.25, -0.2) is 9.40 Å². The molecule has 2 aliphatic carbocycles. The van der Waals surface area contributed by atoms with Crippen molar-refractivity contribution in [3.63, 3.8) is 0 Å². The first-order valence-electron chi connectivity index (χ1n) is 13.8. The Hall–Kier alpha value is -3.20. The number of nitrogens with zero attached hydrogens (tertiary/aromatic N) is 1. The van der Waals surface area contributed by atoms with Crippen LogP contribution in [0.5, 0.6) is 0 Å². The maximum atomic E-state index is 13.6. The maximum absolute atomic E-state index is 13.6. The molecule has 5 rings (SSSR count). The summed E-state index contributed by atoms with van der Waals surface area (Å²) in [6, 6.07) is 8.14. The third-order valence-corrected chi connectivity index (χ3v) is 7.91. The molecule has 1 aliphatic heterocycles. The number of halogens is 1. The lowest BCUT2D eigenvalue weighted by molar-refractivity contribution is -0.176. The number of carbonyl (C=O) groups is 3. The molecule has 1 aromatic heterocycles. The number of amides is 2. The van der Waals surface area contributed by atoms with Crippen LogP contribution in [0.25, 0.3) is 11.3 Å². The van der Waals surface area contributed by atoms with Crippen molar-refractivity contribution in [3.8, 4) is 11.3 Å². The van der Waals surface area contributed by atoms with E-state index in [1.807, 2.05) is 0 Å². The van der Waals surface area contributed by atoms with Crippen molar-refractivity contribution < 1.29 is 32.7 Å². The van der Waals surface area contributed by atoms with Gasteiger partial charge in [0.05, 0.1) is 13.0 Å². The smallest absolute Gasteiger partial charge is 0.310 e. The van der Waals surface area contributed by atoms with E-state index in [0.717, 1.165) is 44.9 Å². The lowest BCUT2D eigenvalue weighted by atomic mass is 10.0. The number of benzene rings is 1. The van der Waals surface area contributed by atoms with E-state index in [2.05, 4.69) is 5.43 Å². The zero-order valence-corrected chi connectivity index (χ0v) is 21.5. The van der Waals surface area contributed by atoms with Crippen LogP contribution in [0.15, 0.2) is 40.8 Å². The van der Waals surface area contributed by atoms with Crippen molar-refractivity contribution in [1.82, 2.24) is 10.4 Å². The van der Waals surface area contributed by atoms with Gasteiger partial charge in [-0.3, -0.25) is 19.8 Å². The summed E-state index contributed by atoms with van der Waals surface area (Å²) in [5.41, 5.74) is 3.16. The Labute approximate surface area is 221 Å². The summed E-state index contributed by atoms with van der Waals surface area (Å²) in [5, 5.41) is 1.21. The van der Waals surface area contributed by atoms with E-state index in [9.17, 15) is 18.8 Å². The molecule has 0 radical (unpaired) electrons. The van der Waals surface area contributed by atoms with Crippen LogP contribution in [0, 0.1) is 17.7 Å². The average Bonchev–Trinajstić information content (AvgIpc) is 3.72. The number of nitrogens with one attached hydrogen (secondary N) is 1. The minimum atomic E-state index is -0.946. The Morgan fingerprint density at radius 3 is 2.50 bits per heavy atom. The van der Waals surface area contributed by atoms with E-state index in [0.29, 0.717) is 29.8 Å². The zero-order chi connectivity index (χ0) is 26.5. The molecular formula is C29H35FN2O6. The average molecular weight is 527 g/mol. The summed E-state index contributed by atoms with van der Waals surface area (Å²) in [7, 11) is 0. The van der Waals surface area contributed by atoms with Crippen molar-refractivity contribution in [3.05, 3.63) is 48.0 Å². The summed E-state index contributed by atoms with van der Waals surface area (Å²) >= 11 is 0. The molecule has 1 N–H and O–H groups in total. The predicted molar refractivity (Wildman–Crippen MR) is 136 cm³/mol. The Kier molecular flexibility index (Phi) is 8.42. The predicted octanol–water partition coefficient (Wildman–Crippen LogP) is 5.38. The van der Waals surface area contributed by atoms with E-state index in [4.69, 9.17) is 13.9 Å². The summed E-state index contributed by atoms with van der Waals surface area (Å²) in [5.74, 6) is -0.640. The van der Waals surface area contributed by atoms with E-state index in [1.165, 1.54) is 36.0 Å². The molecule has 2 aromatic rings. The first kappa shape index (κ1) is 26.4. The van der Waals surface area contributed by atoms with Crippen molar-refractivity contribution >= 4 is 17.8 Å². The van der Waals surface area contributed by atoms with Crippen LogP contribution in [0.2, 0.25) is 0 Å². The fraction of sp³-hybridized carbons (Fsp3) is 0.552. The highest BCUT2D eigenvalue weighted by molar-refractivity contribution is 5.93. The fourth-order valence-electron chi connectivity index (χ4n) is 5.79. The molecule has 2 amide bonds. The first-order chi connectivity index (χ1) is 18.5. The van der Waals surface area contributed by atoms with Gasteiger partial charge in [0.15, 0.2) is 5.76 Å². The van der Waals surface area contributed by atoms with Gasteiger partial charge in [-0.1, -0.05) is 50.7 Å². The maximum Gasteiger partial charge on any atom is 0.310 e. The van der Waals surface area contributed by atoms with Crippen LogP contribution >= 0.6 is 0 Å². The number of esters is 1. The van der Waals surface area contributed by atoms with Gasteiger partial charge in [-0.05, 0) is 55.4 Å². The molecule has 2 heterocycles. The van der Waals surface area contributed by atoms with Gasteiger partial charge in [0, 0.05) is 12.0 Å². The molecule has 3 aliphatic rings. The minimum Gasteiger partial charge on any atom is -0.451 e. The number of hydrogen-bond acceptors (Lipinski definition) is 6. The van der Waals surface area contributed by atoms with Crippen LogP contribution < -0.4 is 5.43 Å². The molecule has 3 fully saturated rings. The Bertz CT molecular complexity index is 1140. The van der Waals surface area contributed by atoms with Gasteiger partial charge in [0.25, 0.3) is 0 Å². The molecule has 1 saturated heterocycles. The summed E-state index contributed by atoms with van der Waals surface area (Å²) in [6.45, 7) is 0.446. The van der Waals surface area contributed by atoms with Gasteiger partial charge < -0.3 is 13.9 Å². The highest BCUT2D eigenvalue weighted by Crippen LogP contribution is 2.31. The Morgan fingerprint density at radius 1 is 1.03 bits per heavy atom. The highest BCUT2D eigenvalue weighted by atomic mass is 19.1. The minimum absolute atomic E-state index is 0.0356. The molecule has 1 aromatic carbocycles. The van der Waals surface area contributed by atoms with Gasteiger partial charge in [0.2, 0.25) is 12.2 Å². The molecule has 8 nitrogen and oxygen atoms in total. The fourth-order valence-corrected chi connectivity index (χ4v) is 5.79. The van der Waals surface area contributed by atoms with Crippen molar-refractivity contribution in [1.29, 1.82) is 0 Å². The largest absolute Gasteiger partial charge is 0.451 e. The number of cyclic esters (lactones) is 1. The van der Waals surface area contributed by atoms with Gasteiger partial charge in [-0.15, -0.1) is 0 Å². The molecule has 204 valence electrons. The lowest BCUT2D eigenvalue weighted by Gasteiger charge is -2.31. The van der Waals surface area contributed by atoms with Crippen molar-refractivity contribution in [2.24, 2.45) is 11.8 Å². The van der Waals surface area contributed by atoms with Gasteiger partial charge in [0.1, 0.15) is 17.6 Å². The van der Waals surface area contributed by atoms with Crippen LogP contribution in [-0.4, -0.2) is 41.7 Å². The van der Waals surface area contributed by atoms with Crippen LogP contribution in [0.4, 0.5) is 4.39 Å². The van der Waals surface area contributed by atoms with Crippen LogP contribution in [-0.2, 0) is 19.1 Å². The SMILES string of the molecule is O=C1C[C@H](N(NC(=O)c2ccc(-c3cccc(F)c3)o2)C(=O)CCC2CCCC2)[C@@H](OCC2CCCC2)O1. The molecule has 9 heteroatoms. The molecule has 38 heavy (non-hydrogen) atoms. The summed E-state index contributed by atoms with van der Waals surface area (Å²) < 4.78 is 30.8. The number of hydrazine groups is 1. The van der Waals surface area contributed by atoms with Gasteiger partial charge in [-0.2, -0.15) is 0 Å². The monoisotopic (exact) mass is 526 g/mol. The zero-order valence-electron chi connectivity index (χ0n) is 21.5. The van der Waals surface area contributed by atoms with Crippen molar-refractivity contribution in [2.75, 3.05) is 6.61 Å². The van der Waals surface area contributed by atoms with Gasteiger partial charge >= 0.3 is 11.9 Å². The molecule has 0 unspecified atom stereocenters. The summed E-state index contributed by atoms with van der Waals surface area (Å²) in [4.78, 5) is 38.9. The van der Waals surface area contributed by atoms with Crippen molar-refractivity contribution in [2.45, 2.75) is 83.0 Å². The van der Waals surface area contributed by atoms with E-state index in [1.54, 1.807) is 18.2 Å². The molecule has 0 bridgehead atoms. The summed E-state index contributed by atoms with van der Waals surface area (Å²) in [6.07, 6.45) is 8.96. The Balaban J connectivity index is 1.31. The second kappa shape index (κ2) is 12.1. The second-order valence-corrected chi connectivity index (χ2v) is 10.7. The van der Waals surface area contributed by atoms with Crippen LogP contribution in [0.1, 0.15) is 81.2 Å². The standard InChI is InChI=1S/C29H35FN2O6/c30-22-11-5-10-21(16-22)24-13-14-25(37-24)28(35)31-32(26(33)15-12-19-6-1-2-7-19)23-17-27(34)38-29(23)36-18-20-8-3-4-9-20/h5,10-11,13-14,16,19-20,23,29H,1-4,6-9,12,15,17-18H2,(H,31,35)/t23-,29-/m0/s1. The normalized spacial score (nSPS) is 22.1. The number of ether oxygens (including phenoxy) is 2. The topological polar surface area (TPSA) is 98.1 Å². The van der Waals surface area contributed by atoms with E-state index < -0.39 is 30.0 Å². The molecule has 0 spiro atoms. The van der Waals surface area contributed by atoms with E-state index >= 15 is 0 Å². The lowest BCUT2D eigenvalue weighted by Crippen LogP contribution is -2.55. The third kappa shape index (κ3) is 6.43. The van der Waals surface area contributed by atoms with E-state index in [-0.39, 0.29) is 24.5 Å². The highest BCUT2D eigenvalue weighted by Gasteiger charge is 2.43.